The van der Waals surface area contributed by atoms with Crippen molar-refractivity contribution < 1.29 is 23.9 Å². The molecule has 3 amide bonds. The molecule has 0 saturated carbocycles. The van der Waals surface area contributed by atoms with E-state index >= 15 is 0 Å². The van der Waals surface area contributed by atoms with Crippen LogP contribution in [-0.4, -0.2) is 76.3 Å². The van der Waals surface area contributed by atoms with Gasteiger partial charge in [0.05, 0.1) is 5.69 Å². The van der Waals surface area contributed by atoms with Gasteiger partial charge in [-0.15, -0.1) is 0 Å². The van der Waals surface area contributed by atoms with E-state index in [-0.39, 0.29) is 30.3 Å². The predicted molar refractivity (Wildman–Crippen MR) is 139 cm³/mol. The van der Waals surface area contributed by atoms with Crippen molar-refractivity contribution in [2.45, 2.75) is 58.6 Å². The standard InChI is InChI=1S/C28H36N4O5/c1-5-24(33)31-16-18-32(19-17-31)27(36)23(14-15-25(34)37-28(2,3)4)30-26(35)22-13-9-12-21(29-22)20-10-7-6-8-11-20/h6-13,23H,5,14-19H2,1-4H3,(H,30,35)/t23-/m0/s1. The molecule has 1 N–H and O–H groups in total. The van der Waals surface area contributed by atoms with E-state index in [1.165, 1.54) is 0 Å². The van der Waals surface area contributed by atoms with Gasteiger partial charge in [0.1, 0.15) is 17.3 Å². The maximum Gasteiger partial charge on any atom is 0.306 e. The molecule has 198 valence electrons. The van der Waals surface area contributed by atoms with E-state index < -0.39 is 23.5 Å². The number of carbonyl (C=O) groups excluding carboxylic acids is 4. The molecule has 1 saturated heterocycles. The lowest BCUT2D eigenvalue weighted by molar-refractivity contribution is -0.155. The van der Waals surface area contributed by atoms with Gasteiger partial charge in [-0.3, -0.25) is 19.2 Å². The van der Waals surface area contributed by atoms with Crippen molar-refractivity contribution in [1.29, 1.82) is 0 Å². The second-order valence-electron chi connectivity index (χ2n) is 9.98. The fourth-order valence-corrected chi connectivity index (χ4v) is 4.10. The summed E-state index contributed by atoms with van der Waals surface area (Å²) >= 11 is 0. The van der Waals surface area contributed by atoms with Crippen LogP contribution in [-0.2, 0) is 19.1 Å². The zero-order valence-corrected chi connectivity index (χ0v) is 22.0. The SMILES string of the molecule is CCC(=O)N1CCN(C(=O)[C@H](CCC(=O)OC(C)(C)C)NC(=O)c2cccc(-c3ccccc3)n2)CC1. The first-order valence-corrected chi connectivity index (χ1v) is 12.7. The van der Waals surface area contributed by atoms with Crippen molar-refractivity contribution in [1.82, 2.24) is 20.1 Å². The highest BCUT2D eigenvalue weighted by Crippen LogP contribution is 2.17. The minimum Gasteiger partial charge on any atom is -0.460 e. The van der Waals surface area contributed by atoms with Crippen molar-refractivity contribution in [2.24, 2.45) is 0 Å². The summed E-state index contributed by atoms with van der Waals surface area (Å²) in [7, 11) is 0. The Kier molecular flexibility index (Phi) is 9.38. The summed E-state index contributed by atoms with van der Waals surface area (Å²) in [5, 5.41) is 2.79. The number of aromatic nitrogens is 1. The van der Waals surface area contributed by atoms with Gasteiger partial charge in [-0.05, 0) is 39.3 Å². The molecule has 9 heteroatoms. The van der Waals surface area contributed by atoms with Gasteiger partial charge in [-0.25, -0.2) is 4.98 Å². The van der Waals surface area contributed by atoms with E-state index in [1.54, 1.807) is 42.7 Å². The number of esters is 1. The summed E-state index contributed by atoms with van der Waals surface area (Å²) in [6, 6.07) is 13.7. The number of hydrogen-bond donors (Lipinski definition) is 1. The zero-order chi connectivity index (χ0) is 27.0. The van der Waals surface area contributed by atoms with Crippen molar-refractivity contribution >= 4 is 23.7 Å². The number of amides is 3. The molecule has 0 unspecified atom stereocenters. The zero-order valence-electron chi connectivity index (χ0n) is 22.0. The van der Waals surface area contributed by atoms with Crippen LogP contribution < -0.4 is 5.32 Å². The fraction of sp³-hybridized carbons (Fsp3) is 0.464. The van der Waals surface area contributed by atoms with Crippen LogP contribution >= 0.6 is 0 Å². The van der Waals surface area contributed by atoms with Gasteiger partial charge in [-0.1, -0.05) is 43.3 Å². The molecule has 2 aromatic rings. The number of nitrogens with zero attached hydrogens (tertiary/aromatic N) is 3. The molecular formula is C28H36N4O5. The van der Waals surface area contributed by atoms with Gasteiger partial charge in [-0.2, -0.15) is 0 Å². The molecule has 3 rings (SSSR count). The minimum absolute atomic E-state index is 0.0280. The topological polar surface area (TPSA) is 109 Å². The first-order chi connectivity index (χ1) is 17.6. The van der Waals surface area contributed by atoms with Gasteiger partial charge in [0, 0.05) is 44.6 Å². The molecule has 2 heterocycles. The Balaban J connectivity index is 1.73. The lowest BCUT2D eigenvalue weighted by Gasteiger charge is -2.36. The average Bonchev–Trinajstić information content (AvgIpc) is 2.89. The molecule has 0 spiro atoms. The highest BCUT2D eigenvalue weighted by atomic mass is 16.6. The number of carbonyl (C=O) groups is 4. The lowest BCUT2D eigenvalue weighted by atomic mass is 10.1. The molecule has 37 heavy (non-hydrogen) atoms. The summed E-state index contributed by atoms with van der Waals surface area (Å²) in [5.41, 5.74) is 1.04. The highest BCUT2D eigenvalue weighted by molar-refractivity contribution is 5.96. The number of piperazine rings is 1. The Hall–Kier alpha value is -3.75. The van der Waals surface area contributed by atoms with Crippen LogP contribution in [0.1, 0.15) is 57.4 Å². The summed E-state index contributed by atoms with van der Waals surface area (Å²) < 4.78 is 5.39. The third-order valence-electron chi connectivity index (χ3n) is 5.96. The first-order valence-electron chi connectivity index (χ1n) is 12.7. The summed E-state index contributed by atoms with van der Waals surface area (Å²) in [5.74, 6) is -1.19. The van der Waals surface area contributed by atoms with Crippen molar-refractivity contribution in [3.05, 3.63) is 54.2 Å². The van der Waals surface area contributed by atoms with Gasteiger partial charge in [0.2, 0.25) is 11.8 Å². The minimum atomic E-state index is -0.935. The number of pyridine rings is 1. The summed E-state index contributed by atoms with van der Waals surface area (Å²) in [4.78, 5) is 58.8. The molecule has 1 aromatic heterocycles. The quantitative estimate of drug-likeness (QED) is 0.549. The van der Waals surface area contributed by atoms with Crippen molar-refractivity contribution in [3.63, 3.8) is 0 Å². The lowest BCUT2D eigenvalue weighted by Crippen LogP contribution is -2.56. The van der Waals surface area contributed by atoms with Crippen LogP contribution in [0.3, 0.4) is 0 Å². The largest absolute Gasteiger partial charge is 0.460 e. The Morgan fingerprint density at radius 1 is 0.946 bits per heavy atom. The first kappa shape index (κ1) is 27.8. The van der Waals surface area contributed by atoms with E-state index in [4.69, 9.17) is 4.74 Å². The smallest absolute Gasteiger partial charge is 0.306 e. The third kappa shape index (κ3) is 8.13. The van der Waals surface area contributed by atoms with E-state index in [2.05, 4.69) is 10.3 Å². The summed E-state index contributed by atoms with van der Waals surface area (Å²) in [6.07, 6.45) is 0.475. The maximum absolute atomic E-state index is 13.4. The predicted octanol–water partition coefficient (Wildman–Crippen LogP) is 3.05. The Bertz CT molecular complexity index is 1110. The number of benzene rings is 1. The molecule has 1 aliphatic heterocycles. The molecular weight excluding hydrogens is 472 g/mol. The third-order valence-corrected chi connectivity index (χ3v) is 5.96. The number of rotatable bonds is 8. The monoisotopic (exact) mass is 508 g/mol. The fourth-order valence-electron chi connectivity index (χ4n) is 4.10. The van der Waals surface area contributed by atoms with Crippen molar-refractivity contribution in [2.75, 3.05) is 26.2 Å². The van der Waals surface area contributed by atoms with E-state index in [9.17, 15) is 19.2 Å². The Labute approximate surface area is 218 Å². The number of nitrogens with one attached hydrogen (secondary N) is 1. The van der Waals surface area contributed by atoms with Gasteiger partial charge in [0.25, 0.3) is 5.91 Å². The van der Waals surface area contributed by atoms with Crippen LogP contribution in [0.15, 0.2) is 48.5 Å². The normalized spacial score (nSPS) is 14.6. The van der Waals surface area contributed by atoms with Crippen LogP contribution in [0, 0.1) is 0 Å². The van der Waals surface area contributed by atoms with E-state index in [0.29, 0.717) is 38.3 Å². The number of hydrogen-bond acceptors (Lipinski definition) is 6. The average molecular weight is 509 g/mol. The molecule has 1 aromatic carbocycles. The molecule has 1 fully saturated rings. The van der Waals surface area contributed by atoms with Gasteiger partial charge in [0.15, 0.2) is 0 Å². The van der Waals surface area contributed by atoms with Crippen LogP contribution in [0.4, 0.5) is 0 Å². The summed E-state index contributed by atoms with van der Waals surface area (Å²) in [6.45, 7) is 8.74. The highest BCUT2D eigenvalue weighted by Gasteiger charge is 2.31. The van der Waals surface area contributed by atoms with Crippen LogP contribution in [0.5, 0.6) is 0 Å². The maximum atomic E-state index is 13.4. The Morgan fingerprint density at radius 2 is 1.59 bits per heavy atom. The van der Waals surface area contributed by atoms with Gasteiger partial charge < -0.3 is 19.9 Å². The Morgan fingerprint density at radius 3 is 2.22 bits per heavy atom. The molecule has 9 nitrogen and oxygen atoms in total. The molecule has 0 radical (unpaired) electrons. The molecule has 1 aliphatic rings. The second kappa shape index (κ2) is 12.5. The second-order valence-corrected chi connectivity index (χ2v) is 9.98. The van der Waals surface area contributed by atoms with Crippen LogP contribution in [0.2, 0.25) is 0 Å². The van der Waals surface area contributed by atoms with E-state index in [1.807, 2.05) is 43.3 Å². The van der Waals surface area contributed by atoms with E-state index in [0.717, 1.165) is 5.56 Å². The number of ether oxygens (including phenoxy) is 1. The molecule has 0 bridgehead atoms. The molecule has 0 aliphatic carbocycles. The van der Waals surface area contributed by atoms with Gasteiger partial charge >= 0.3 is 5.97 Å². The van der Waals surface area contributed by atoms with Crippen LogP contribution in [0.25, 0.3) is 11.3 Å². The molecule has 1 atom stereocenters. The van der Waals surface area contributed by atoms with Crippen molar-refractivity contribution in [3.8, 4) is 11.3 Å².